The van der Waals surface area contributed by atoms with Crippen molar-refractivity contribution >= 4 is 36.6 Å². The number of rotatable bonds is 10. The Bertz CT molecular complexity index is 1080. The second-order valence-corrected chi connectivity index (χ2v) is 11.4. The number of hydrogen-bond donors (Lipinski definition) is 1. The molecule has 2 aliphatic heterocycles. The summed E-state index contributed by atoms with van der Waals surface area (Å²) in [6.45, 7) is 14.0. The maximum absolute atomic E-state index is 13.5. The van der Waals surface area contributed by atoms with E-state index in [1.165, 1.54) is 11.3 Å². The summed E-state index contributed by atoms with van der Waals surface area (Å²) in [5, 5.41) is 7.91. The molecule has 7 nitrogen and oxygen atoms in total. The fraction of sp³-hybridized carbons (Fsp3) is 0.633. The molecule has 2 aliphatic rings. The standard InChI is InChI=1S/C30H45N5O2.2ClH/c1-6-7-18-34-28(36)27(21-22(2)3)31-29(37)30(34)15-19-33(20-16-30)17-11-14-26-23(4)32-35(24(26)5)25-12-9-8-10-13-25;;/h8-10,12-13,22,27H,6-7,11,14-21H2,1-5H3,(H,31,37);2*1H/t27-;;/m0../s1. The lowest BCUT2D eigenvalue weighted by atomic mass is 9.80. The van der Waals surface area contributed by atoms with Crippen LogP contribution in [0.5, 0.6) is 0 Å². The van der Waals surface area contributed by atoms with Gasteiger partial charge in [0.25, 0.3) is 0 Å². The summed E-state index contributed by atoms with van der Waals surface area (Å²) in [4.78, 5) is 31.3. The van der Waals surface area contributed by atoms with Gasteiger partial charge in [0.05, 0.1) is 11.4 Å². The summed E-state index contributed by atoms with van der Waals surface area (Å²) in [5.41, 5.74) is 4.05. The highest BCUT2D eigenvalue weighted by Gasteiger charge is 2.53. The summed E-state index contributed by atoms with van der Waals surface area (Å²) in [5.74, 6) is 0.551. The first-order valence-electron chi connectivity index (χ1n) is 14.2. The average Bonchev–Trinajstić information content (AvgIpc) is 3.17. The first-order valence-corrected chi connectivity index (χ1v) is 14.2. The number of aryl methyl sites for hydroxylation is 1. The minimum absolute atomic E-state index is 0. The molecule has 1 aromatic carbocycles. The number of carbonyl (C=O) groups is 2. The van der Waals surface area contributed by atoms with E-state index in [0.29, 0.717) is 31.7 Å². The van der Waals surface area contributed by atoms with Crippen molar-refractivity contribution in [3.05, 3.63) is 47.3 Å². The zero-order valence-corrected chi connectivity index (χ0v) is 25.9. The first-order chi connectivity index (χ1) is 17.8. The molecule has 9 heteroatoms. The van der Waals surface area contributed by atoms with Crippen molar-refractivity contribution in [1.29, 1.82) is 0 Å². The maximum Gasteiger partial charge on any atom is 0.246 e. The Morgan fingerprint density at radius 3 is 2.31 bits per heavy atom. The second kappa shape index (κ2) is 14.5. The molecule has 4 rings (SSSR count). The molecule has 1 aromatic heterocycles. The van der Waals surface area contributed by atoms with Gasteiger partial charge in [0.15, 0.2) is 0 Å². The van der Waals surface area contributed by atoms with Crippen molar-refractivity contribution in [1.82, 2.24) is 24.9 Å². The van der Waals surface area contributed by atoms with Crippen LogP contribution in [-0.4, -0.2) is 69.2 Å². The van der Waals surface area contributed by atoms with Crippen LogP contribution in [0.25, 0.3) is 5.69 Å². The first kappa shape index (κ1) is 33.1. The topological polar surface area (TPSA) is 70.5 Å². The molecule has 0 bridgehead atoms. The summed E-state index contributed by atoms with van der Waals surface area (Å²) in [6, 6.07) is 9.92. The molecule has 39 heavy (non-hydrogen) atoms. The predicted molar refractivity (Wildman–Crippen MR) is 162 cm³/mol. The Kier molecular flexibility index (Phi) is 12.3. The molecule has 2 fully saturated rings. The van der Waals surface area contributed by atoms with Gasteiger partial charge in [0, 0.05) is 25.3 Å². The maximum atomic E-state index is 13.5. The van der Waals surface area contributed by atoms with E-state index in [2.05, 4.69) is 57.0 Å². The average molecular weight is 581 g/mol. The number of piperazine rings is 1. The molecule has 1 N–H and O–H groups in total. The van der Waals surface area contributed by atoms with Gasteiger partial charge in [-0.05, 0) is 82.5 Å². The van der Waals surface area contributed by atoms with E-state index in [1.54, 1.807) is 0 Å². The molecule has 3 heterocycles. The summed E-state index contributed by atoms with van der Waals surface area (Å²) in [6.07, 6.45) is 6.13. The number of aromatic nitrogens is 2. The van der Waals surface area contributed by atoms with Gasteiger partial charge >= 0.3 is 0 Å². The quantitative estimate of drug-likeness (QED) is 0.416. The van der Waals surface area contributed by atoms with E-state index in [9.17, 15) is 9.59 Å². The SMILES string of the molecule is CCCCN1C(=O)[C@H](CC(C)C)NC(=O)C12CCN(CCCc1c(C)nn(-c3ccccc3)c1C)CC2.Cl.Cl. The van der Waals surface area contributed by atoms with Crippen LogP contribution in [0, 0.1) is 19.8 Å². The number of nitrogens with one attached hydrogen (secondary N) is 1. The van der Waals surface area contributed by atoms with Gasteiger partial charge in [-0.15, -0.1) is 24.8 Å². The lowest BCUT2D eigenvalue weighted by Gasteiger charge is -2.52. The normalized spacial score (nSPS) is 19.1. The highest BCUT2D eigenvalue weighted by Crippen LogP contribution is 2.34. The number of nitrogens with zero attached hydrogens (tertiary/aromatic N) is 4. The minimum atomic E-state index is -0.680. The number of likely N-dealkylation sites (tertiary alicyclic amines) is 1. The van der Waals surface area contributed by atoms with Crippen LogP contribution in [0.15, 0.2) is 30.3 Å². The Balaban J connectivity index is 0.00000267. The Morgan fingerprint density at radius 1 is 1.03 bits per heavy atom. The largest absolute Gasteiger partial charge is 0.342 e. The molecule has 0 saturated carbocycles. The fourth-order valence-electron chi connectivity index (χ4n) is 6.13. The molecular weight excluding hydrogens is 533 g/mol. The van der Waals surface area contributed by atoms with E-state index in [-0.39, 0.29) is 42.7 Å². The summed E-state index contributed by atoms with van der Waals surface area (Å²) < 4.78 is 2.05. The van der Waals surface area contributed by atoms with E-state index >= 15 is 0 Å². The van der Waals surface area contributed by atoms with Gasteiger partial charge < -0.3 is 15.1 Å². The van der Waals surface area contributed by atoms with E-state index in [1.807, 2.05) is 27.8 Å². The van der Waals surface area contributed by atoms with Crippen molar-refractivity contribution < 1.29 is 9.59 Å². The highest BCUT2D eigenvalue weighted by atomic mass is 35.5. The van der Waals surface area contributed by atoms with Crippen LogP contribution in [0.2, 0.25) is 0 Å². The third-order valence-corrected chi connectivity index (χ3v) is 8.28. The Labute approximate surface area is 246 Å². The van der Waals surface area contributed by atoms with Crippen LogP contribution < -0.4 is 5.32 Å². The lowest BCUT2D eigenvalue weighted by molar-refractivity contribution is -0.161. The molecule has 1 spiro atoms. The molecule has 0 radical (unpaired) electrons. The monoisotopic (exact) mass is 579 g/mol. The Hall–Kier alpha value is -2.09. The number of para-hydroxylation sites is 1. The fourth-order valence-corrected chi connectivity index (χ4v) is 6.13. The van der Waals surface area contributed by atoms with Crippen LogP contribution in [0.4, 0.5) is 0 Å². The Morgan fingerprint density at radius 2 is 1.69 bits per heavy atom. The molecule has 2 saturated heterocycles. The van der Waals surface area contributed by atoms with Crippen molar-refractivity contribution in [2.75, 3.05) is 26.2 Å². The van der Waals surface area contributed by atoms with E-state index < -0.39 is 5.54 Å². The zero-order chi connectivity index (χ0) is 26.6. The molecule has 2 aromatic rings. The van der Waals surface area contributed by atoms with Gasteiger partial charge in [0.2, 0.25) is 11.8 Å². The molecule has 0 unspecified atom stereocenters. The minimum Gasteiger partial charge on any atom is -0.342 e. The molecule has 2 amide bonds. The van der Waals surface area contributed by atoms with Gasteiger partial charge in [0.1, 0.15) is 11.6 Å². The number of carbonyl (C=O) groups excluding carboxylic acids is 2. The molecule has 1 atom stereocenters. The summed E-state index contributed by atoms with van der Waals surface area (Å²) >= 11 is 0. The number of halogens is 2. The number of benzene rings is 1. The van der Waals surface area contributed by atoms with Crippen molar-refractivity contribution in [3.63, 3.8) is 0 Å². The van der Waals surface area contributed by atoms with Gasteiger partial charge in [-0.25, -0.2) is 4.68 Å². The van der Waals surface area contributed by atoms with Crippen molar-refractivity contribution in [3.8, 4) is 5.69 Å². The van der Waals surface area contributed by atoms with Crippen LogP contribution in [0.3, 0.4) is 0 Å². The molecular formula is C30H47Cl2N5O2. The van der Waals surface area contributed by atoms with Gasteiger partial charge in [-0.2, -0.15) is 5.10 Å². The second-order valence-electron chi connectivity index (χ2n) is 11.4. The molecule has 0 aliphatic carbocycles. The van der Waals surface area contributed by atoms with Gasteiger partial charge in [-0.1, -0.05) is 45.4 Å². The van der Waals surface area contributed by atoms with E-state index in [0.717, 1.165) is 56.7 Å². The number of amides is 2. The number of unbranched alkanes of at least 4 members (excludes halogenated alkanes) is 1. The third-order valence-electron chi connectivity index (χ3n) is 8.28. The van der Waals surface area contributed by atoms with Crippen LogP contribution in [0.1, 0.15) is 76.2 Å². The molecule has 218 valence electrons. The van der Waals surface area contributed by atoms with Crippen molar-refractivity contribution in [2.24, 2.45) is 5.92 Å². The van der Waals surface area contributed by atoms with Crippen LogP contribution >= 0.6 is 24.8 Å². The smallest absolute Gasteiger partial charge is 0.246 e. The van der Waals surface area contributed by atoms with Crippen molar-refractivity contribution in [2.45, 2.75) is 91.1 Å². The van der Waals surface area contributed by atoms with Crippen LogP contribution in [-0.2, 0) is 16.0 Å². The number of hydrogen-bond acceptors (Lipinski definition) is 4. The predicted octanol–water partition coefficient (Wildman–Crippen LogP) is 5.27. The van der Waals surface area contributed by atoms with Gasteiger partial charge in [-0.3, -0.25) is 9.59 Å². The lowest BCUT2D eigenvalue weighted by Crippen LogP contribution is -2.73. The number of piperidine rings is 1. The third kappa shape index (κ3) is 7.17. The highest BCUT2D eigenvalue weighted by molar-refractivity contribution is 6.00. The van der Waals surface area contributed by atoms with E-state index in [4.69, 9.17) is 5.10 Å². The summed E-state index contributed by atoms with van der Waals surface area (Å²) in [7, 11) is 0. The zero-order valence-electron chi connectivity index (χ0n) is 24.2.